The molecular weight excluding hydrogens is 256 g/mol. The summed E-state index contributed by atoms with van der Waals surface area (Å²) in [4.78, 5) is 11.7. The van der Waals surface area contributed by atoms with E-state index in [0.29, 0.717) is 5.69 Å². The Labute approximate surface area is 106 Å². The Hall–Kier alpha value is -2.02. The molecule has 18 heavy (non-hydrogen) atoms. The van der Waals surface area contributed by atoms with E-state index in [1.54, 1.807) is 0 Å². The van der Waals surface area contributed by atoms with Crippen LogP contribution in [0.2, 0.25) is 0 Å². The second-order valence-electron chi connectivity index (χ2n) is 3.54. The molecule has 0 bridgehead atoms. The van der Waals surface area contributed by atoms with E-state index in [0.717, 1.165) is 6.26 Å². The maximum absolute atomic E-state index is 11.7. The number of nitrogens with one attached hydrogen (secondary N) is 1. The van der Waals surface area contributed by atoms with Crippen molar-refractivity contribution in [2.45, 2.75) is 0 Å². The van der Waals surface area contributed by atoms with Gasteiger partial charge in [-0.25, -0.2) is 0 Å². The third-order valence-corrected chi connectivity index (χ3v) is 2.38. The number of carbonyl (C=O) groups is 1. The summed E-state index contributed by atoms with van der Waals surface area (Å²) in [5.74, 6) is -0.562. The quantitative estimate of drug-likeness (QED) is 0.462. The summed E-state index contributed by atoms with van der Waals surface area (Å²) in [6, 6.07) is 4.16. The van der Waals surface area contributed by atoms with Crippen LogP contribution in [0.15, 0.2) is 30.9 Å². The summed E-state index contributed by atoms with van der Waals surface area (Å²) in [6.45, 7) is 3.73. The molecule has 0 aliphatic carbocycles. The number of nitrogen functional groups attached to an aromatic ring is 1. The first-order chi connectivity index (χ1) is 8.33. The van der Waals surface area contributed by atoms with Crippen LogP contribution >= 0.6 is 0 Å². The number of amides is 1. The first-order valence-corrected chi connectivity index (χ1v) is 6.83. The Bertz CT molecular complexity index is 566. The molecule has 7 heteroatoms. The fraction of sp³-hybridized carbons (Fsp3) is 0.182. The molecule has 1 aromatic rings. The average molecular weight is 270 g/mol. The molecule has 3 N–H and O–H groups in total. The van der Waals surface area contributed by atoms with E-state index in [9.17, 15) is 13.2 Å². The predicted octanol–water partition coefficient (Wildman–Crippen LogP) is 0.523. The molecule has 6 nitrogen and oxygen atoms in total. The van der Waals surface area contributed by atoms with Gasteiger partial charge in [0, 0.05) is 18.3 Å². The summed E-state index contributed by atoms with van der Waals surface area (Å²) in [5, 5.41) is 2.52. The minimum atomic E-state index is -3.73. The SMILES string of the molecule is C=CCNC(=O)c1ccc(N)cc1OS(C)(=O)=O. The number of hydrogen-bond acceptors (Lipinski definition) is 5. The average Bonchev–Trinajstić information content (AvgIpc) is 2.23. The second kappa shape index (κ2) is 5.54. The van der Waals surface area contributed by atoms with Gasteiger partial charge in [0.05, 0.1) is 11.8 Å². The molecule has 1 rings (SSSR count). The minimum Gasteiger partial charge on any atom is -0.399 e. The number of rotatable bonds is 5. The van der Waals surface area contributed by atoms with Gasteiger partial charge in [-0.3, -0.25) is 4.79 Å². The number of hydrogen-bond donors (Lipinski definition) is 2. The lowest BCUT2D eigenvalue weighted by molar-refractivity contribution is 0.0956. The van der Waals surface area contributed by atoms with Crippen molar-refractivity contribution in [1.82, 2.24) is 5.32 Å². The molecule has 0 spiro atoms. The first-order valence-electron chi connectivity index (χ1n) is 5.01. The van der Waals surface area contributed by atoms with E-state index in [1.807, 2.05) is 0 Å². The highest BCUT2D eigenvalue weighted by Gasteiger charge is 2.15. The predicted molar refractivity (Wildman–Crippen MR) is 68.9 cm³/mol. The van der Waals surface area contributed by atoms with Gasteiger partial charge in [-0.05, 0) is 12.1 Å². The number of carbonyl (C=O) groups excluding carboxylic acids is 1. The van der Waals surface area contributed by atoms with Crippen molar-refractivity contribution < 1.29 is 17.4 Å². The highest BCUT2D eigenvalue weighted by molar-refractivity contribution is 7.86. The lowest BCUT2D eigenvalue weighted by Gasteiger charge is -2.10. The third kappa shape index (κ3) is 4.10. The van der Waals surface area contributed by atoms with Gasteiger partial charge in [-0.2, -0.15) is 8.42 Å². The van der Waals surface area contributed by atoms with Gasteiger partial charge in [-0.1, -0.05) is 6.08 Å². The normalized spacial score (nSPS) is 10.7. The zero-order valence-corrected chi connectivity index (χ0v) is 10.7. The van der Waals surface area contributed by atoms with Crippen molar-refractivity contribution in [3.8, 4) is 5.75 Å². The molecule has 1 aromatic carbocycles. The summed E-state index contributed by atoms with van der Waals surface area (Å²) < 4.78 is 26.9. The Morgan fingerprint density at radius 2 is 2.22 bits per heavy atom. The van der Waals surface area contributed by atoms with Crippen LogP contribution in [0.25, 0.3) is 0 Å². The Balaban J connectivity index is 3.10. The molecule has 0 radical (unpaired) electrons. The number of benzene rings is 1. The third-order valence-electron chi connectivity index (χ3n) is 1.90. The molecule has 0 aromatic heterocycles. The van der Waals surface area contributed by atoms with Gasteiger partial charge in [0.1, 0.15) is 0 Å². The van der Waals surface area contributed by atoms with Gasteiger partial charge in [0.15, 0.2) is 5.75 Å². The Kier molecular flexibility index (Phi) is 4.33. The van der Waals surface area contributed by atoms with Crippen molar-refractivity contribution in [3.05, 3.63) is 36.4 Å². The lowest BCUT2D eigenvalue weighted by Crippen LogP contribution is -2.24. The highest BCUT2D eigenvalue weighted by Crippen LogP contribution is 2.23. The van der Waals surface area contributed by atoms with Crippen LogP contribution in [-0.2, 0) is 10.1 Å². The molecule has 0 saturated carbocycles. The molecule has 0 atom stereocenters. The van der Waals surface area contributed by atoms with Crippen LogP contribution < -0.4 is 15.2 Å². The molecule has 0 saturated heterocycles. The summed E-state index contributed by atoms with van der Waals surface area (Å²) in [5.41, 5.74) is 5.92. The summed E-state index contributed by atoms with van der Waals surface area (Å²) in [6.07, 6.45) is 2.40. The maximum atomic E-state index is 11.7. The van der Waals surface area contributed by atoms with Crippen LogP contribution in [0.3, 0.4) is 0 Å². The minimum absolute atomic E-state index is 0.0940. The fourth-order valence-electron chi connectivity index (χ4n) is 1.22. The van der Waals surface area contributed by atoms with Gasteiger partial charge in [-0.15, -0.1) is 6.58 Å². The van der Waals surface area contributed by atoms with Crippen LogP contribution in [0.1, 0.15) is 10.4 Å². The van der Waals surface area contributed by atoms with E-state index in [2.05, 4.69) is 11.9 Å². The summed E-state index contributed by atoms with van der Waals surface area (Å²) >= 11 is 0. The lowest BCUT2D eigenvalue weighted by atomic mass is 10.1. The van der Waals surface area contributed by atoms with Crippen LogP contribution in [-0.4, -0.2) is 27.1 Å². The first kappa shape index (κ1) is 14.0. The largest absolute Gasteiger partial charge is 0.399 e. The molecule has 0 aliphatic heterocycles. The van der Waals surface area contributed by atoms with Crippen molar-refractivity contribution >= 4 is 21.7 Å². The Morgan fingerprint density at radius 3 is 2.78 bits per heavy atom. The van der Waals surface area contributed by atoms with E-state index in [1.165, 1.54) is 24.3 Å². The molecule has 0 unspecified atom stereocenters. The standard InChI is InChI=1S/C11H14N2O4S/c1-3-6-13-11(14)9-5-4-8(12)7-10(9)17-18(2,15)16/h3-5,7H,1,6,12H2,2H3,(H,13,14). The van der Waals surface area contributed by atoms with E-state index in [-0.39, 0.29) is 17.9 Å². The highest BCUT2D eigenvalue weighted by atomic mass is 32.2. The van der Waals surface area contributed by atoms with Crippen LogP contribution in [0.5, 0.6) is 5.75 Å². The fourth-order valence-corrected chi connectivity index (χ4v) is 1.68. The zero-order chi connectivity index (χ0) is 13.8. The topological polar surface area (TPSA) is 98.5 Å². The summed E-state index contributed by atoms with van der Waals surface area (Å²) in [7, 11) is -3.73. The van der Waals surface area contributed by atoms with Gasteiger partial charge in [0.25, 0.3) is 5.91 Å². The van der Waals surface area contributed by atoms with E-state index < -0.39 is 16.0 Å². The second-order valence-corrected chi connectivity index (χ2v) is 5.12. The van der Waals surface area contributed by atoms with Crippen molar-refractivity contribution in [3.63, 3.8) is 0 Å². The van der Waals surface area contributed by atoms with Gasteiger partial charge >= 0.3 is 10.1 Å². The van der Waals surface area contributed by atoms with Crippen molar-refractivity contribution in [2.75, 3.05) is 18.5 Å². The number of anilines is 1. The van der Waals surface area contributed by atoms with E-state index in [4.69, 9.17) is 9.92 Å². The van der Waals surface area contributed by atoms with Crippen LogP contribution in [0, 0.1) is 0 Å². The number of nitrogens with two attached hydrogens (primary N) is 1. The van der Waals surface area contributed by atoms with Gasteiger partial charge < -0.3 is 15.2 Å². The van der Waals surface area contributed by atoms with Gasteiger partial charge in [0.2, 0.25) is 0 Å². The molecule has 0 heterocycles. The molecule has 1 amide bonds. The van der Waals surface area contributed by atoms with E-state index >= 15 is 0 Å². The smallest absolute Gasteiger partial charge is 0.306 e. The molecule has 0 fully saturated rings. The van der Waals surface area contributed by atoms with Crippen molar-refractivity contribution in [2.24, 2.45) is 0 Å². The zero-order valence-electron chi connectivity index (χ0n) is 9.84. The Morgan fingerprint density at radius 1 is 1.56 bits per heavy atom. The van der Waals surface area contributed by atoms with Crippen LogP contribution in [0.4, 0.5) is 5.69 Å². The molecule has 98 valence electrons. The molecular formula is C11H14N2O4S. The van der Waals surface area contributed by atoms with Crippen molar-refractivity contribution in [1.29, 1.82) is 0 Å². The maximum Gasteiger partial charge on any atom is 0.306 e. The monoisotopic (exact) mass is 270 g/mol. The molecule has 0 aliphatic rings.